The van der Waals surface area contributed by atoms with E-state index in [0.717, 1.165) is 17.9 Å². The molecule has 0 radical (unpaired) electrons. The Balaban J connectivity index is 1.25. The maximum absolute atomic E-state index is 14.7. The lowest BCUT2D eigenvalue weighted by atomic mass is 9.91. The summed E-state index contributed by atoms with van der Waals surface area (Å²) in [6.07, 6.45) is 1.11. The summed E-state index contributed by atoms with van der Waals surface area (Å²) >= 11 is 0.746. The van der Waals surface area contributed by atoms with Gasteiger partial charge in [-0.05, 0) is 57.9 Å². The predicted octanol–water partition coefficient (Wildman–Crippen LogP) is 4.52. The second-order valence-electron chi connectivity index (χ2n) is 12.3. The average molecular weight is 657 g/mol. The predicted molar refractivity (Wildman–Crippen MR) is 169 cm³/mol. The number of alkyl halides is 2. The van der Waals surface area contributed by atoms with Crippen molar-refractivity contribution >= 4 is 40.2 Å². The average Bonchev–Trinajstić information content (AvgIpc) is 3.60. The SMILES string of the molecule is CC1(C)C[C@H](Oc2cc(C(F)F)sc2C(=O)N[C@@H]2CCCN(c3cc(-c4ccc(C(N)=O)c(F)c4)n4ncnc(N)c34)C2)CCN1. The van der Waals surface area contributed by atoms with Gasteiger partial charge in [-0.1, -0.05) is 6.07 Å². The highest BCUT2D eigenvalue weighted by molar-refractivity contribution is 7.14. The largest absolute Gasteiger partial charge is 0.489 e. The van der Waals surface area contributed by atoms with Gasteiger partial charge in [0, 0.05) is 42.7 Å². The number of carbonyl (C=O) groups is 2. The minimum atomic E-state index is -2.73. The van der Waals surface area contributed by atoms with E-state index in [1.165, 1.54) is 24.5 Å². The molecule has 0 aliphatic carbocycles. The normalized spacial score (nSPS) is 19.8. The Hall–Kier alpha value is -4.37. The summed E-state index contributed by atoms with van der Waals surface area (Å²) in [5.41, 5.74) is 13.3. The van der Waals surface area contributed by atoms with Crippen molar-refractivity contribution in [1.82, 2.24) is 25.2 Å². The van der Waals surface area contributed by atoms with Crippen LogP contribution in [-0.4, -0.2) is 63.7 Å². The van der Waals surface area contributed by atoms with E-state index in [-0.39, 0.29) is 44.6 Å². The molecule has 6 N–H and O–H groups in total. The van der Waals surface area contributed by atoms with E-state index in [2.05, 4.69) is 34.6 Å². The lowest BCUT2D eigenvalue weighted by Gasteiger charge is -2.36. The van der Waals surface area contributed by atoms with Crippen LogP contribution >= 0.6 is 11.3 Å². The highest BCUT2D eigenvalue weighted by atomic mass is 32.1. The van der Waals surface area contributed by atoms with Gasteiger partial charge < -0.3 is 31.7 Å². The molecule has 2 aliphatic rings. The Morgan fingerprint density at radius 3 is 2.74 bits per heavy atom. The van der Waals surface area contributed by atoms with Gasteiger partial charge in [0.15, 0.2) is 5.82 Å². The van der Waals surface area contributed by atoms with Gasteiger partial charge in [0.1, 0.15) is 34.4 Å². The summed E-state index contributed by atoms with van der Waals surface area (Å²) in [5, 5.41) is 10.8. The summed E-state index contributed by atoms with van der Waals surface area (Å²) in [6.45, 7) is 5.85. The van der Waals surface area contributed by atoms with E-state index in [4.69, 9.17) is 16.2 Å². The smallest absolute Gasteiger partial charge is 0.272 e. The first-order valence-corrected chi connectivity index (χ1v) is 15.8. The number of benzene rings is 1. The van der Waals surface area contributed by atoms with Crippen molar-refractivity contribution in [3.63, 3.8) is 0 Å². The molecule has 2 saturated heterocycles. The number of nitrogens with two attached hydrogens (primary N) is 2. The number of hydrogen-bond donors (Lipinski definition) is 4. The van der Waals surface area contributed by atoms with Crippen LogP contribution in [0.3, 0.4) is 0 Å². The van der Waals surface area contributed by atoms with Crippen LogP contribution in [0.25, 0.3) is 16.8 Å². The fraction of sp³-hybridized carbons (Fsp3) is 0.419. The molecule has 0 spiro atoms. The molecule has 2 amide bonds. The molecule has 1 aromatic carbocycles. The lowest BCUT2D eigenvalue weighted by Crippen LogP contribution is -2.49. The standard InChI is InChI=1S/C31H35F3N8O3S/c1-31(2)13-18(7-8-38-31)45-23-12-24(27(33)34)46-26(23)30(44)40-17-4-3-9-41(14-17)22-11-21(42-25(22)28(35)37-15-39-42)16-5-6-19(29(36)43)20(32)10-16/h5-6,10-12,15,17-18,27,38H,3-4,7-9,13-14H2,1-2H3,(H2,36,43)(H,40,44)(H2,35,37,39)/t17-,18-/m1/s1. The molecule has 244 valence electrons. The molecule has 46 heavy (non-hydrogen) atoms. The number of carbonyl (C=O) groups excluding carboxylic acids is 2. The van der Waals surface area contributed by atoms with Crippen molar-refractivity contribution in [1.29, 1.82) is 0 Å². The molecule has 2 atom stereocenters. The topological polar surface area (TPSA) is 153 Å². The zero-order chi connectivity index (χ0) is 32.7. The number of nitrogens with one attached hydrogen (secondary N) is 2. The quantitative estimate of drug-likeness (QED) is 0.216. The molecule has 0 bridgehead atoms. The lowest BCUT2D eigenvalue weighted by molar-refractivity contribution is 0.0912. The molecular formula is C31H35F3N8O3S. The number of amides is 2. The number of fused-ring (bicyclic) bond motifs is 1. The Labute approximate surface area is 267 Å². The van der Waals surface area contributed by atoms with Gasteiger partial charge in [-0.25, -0.2) is 22.7 Å². The van der Waals surface area contributed by atoms with Gasteiger partial charge in [-0.2, -0.15) is 5.10 Å². The van der Waals surface area contributed by atoms with Crippen molar-refractivity contribution < 1.29 is 27.5 Å². The van der Waals surface area contributed by atoms with E-state index in [0.29, 0.717) is 61.2 Å². The van der Waals surface area contributed by atoms with Gasteiger partial charge in [-0.15, -0.1) is 11.3 Å². The number of hydrogen-bond acceptors (Lipinski definition) is 9. The highest BCUT2D eigenvalue weighted by Crippen LogP contribution is 2.38. The number of anilines is 2. The van der Waals surface area contributed by atoms with Gasteiger partial charge >= 0.3 is 0 Å². The van der Waals surface area contributed by atoms with E-state index >= 15 is 0 Å². The molecule has 15 heteroatoms. The first kappa shape index (κ1) is 31.6. The van der Waals surface area contributed by atoms with Crippen LogP contribution < -0.4 is 31.7 Å². The molecule has 11 nitrogen and oxygen atoms in total. The molecule has 3 aromatic heterocycles. The van der Waals surface area contributed by atoms with E-state index in [1.54, 1.807) is 10.6 Å². The Morgan fingerprint density at radius 2 is 2.02 bits per heavy atom. The first-order valence-electron chi connectivity index (χ1n) is 15.0. The number of nitrogen functional groups attached to an aromatic ring is 1. The molecule has 2 aliphatic heterocycles. The van der Waals surface area contributed by atoms with Gasteiger partial charge in [0.2, 0.25) is 0 Å². The fourth-order valence-corrected chi connectivity index (χ4v) is 7.12. The second-order valence-corrected chi connectivity index (χ2v) is 13.4. The van der Waals surface area contributed by atoms with E-state index in [1.807, 2.05) is 11.0 Å². The third-order valence-corrected chi connectivity index (χ3v) is 9.55. The van der Waals surface area contributed by atoms with E-state index < -0.39 is 24.1 Å². The maximum Gasteiger partial charge on any atom is 0.272 e. The van der Waals surface area contributed by atoms with Gasteiger partial charge in [-0.3, -0.25) is 9.59 Å². The van der Waals surface area contributed by atoms with Crippen LogP contribution in [0, 0.1) is 5.82 Å². The number of thiophene rings is 1. The van der Waals surface area contributed by atoms with Crippen LogP contribution in [0.4, 0.5) is 24.7 Å². The Bertz CT molecular complexity index is 1790. The summed E-state index contributed by atoms with van der Waals surface area (Å²) in [7, 11) is 0. The van der Waals surface area contributed by atoms with Crippen LogP contribution in [0.15, 0.2) is 36.7 Å². The highest BCUT2D eigenvalue weighted by Gasteiger charge is 2.32. The molecule has 4 aromatic rings. The molecular weight excluding hydrogens is 621 g/mol. The fourth-order valence-electron chi connectivity index (χ4n) is 6.27. The maximum atomic E-state index is 14.7. The summed E-state index contributed by atoms with van der Waals surface area (Å²) in [5.74, 6) is -1.73. The summed E-state index contributed by atoms with van der Waals surface area (Å²) in [6, 6.07) is 6.87. The second kappa shape index (κ2) is 12.4. The first-order chi connectivity index (χ1) is 21.9. The number of aromatic nitrogens is 3. The molecule has 6 rings (SSSR count). The van der Waals surface area contributed by atoms with Gasteiger partial charge in [0.05, 0.1) is 21.8 Å². The number of primary amides is 1. The molecule has 0 unspecified atom stereocenters. The van der Waals surface area contributed by atoms with Crippen LogP contribution in [0.1, 0.15) is 70.9 Å². The van der Waals surface area contributed by atoms with Crippen molar-refractivity contribution in [2.24, 2.45) is 5.73 Å². The number of halogens is 3. The summed E-state index contributed by atoms with van der Waals surface area (Å²) < 4.78 is 49.9. The third kappa shape index (κ3) is 6.33. The monoisotopic (exact) mass is 656 g/mol. The van der Waals surface area contributed by atoms with Crippen molar-refractivity contribution in [3.05, 3.63) is 57.8 Å². The number of rotatable bonds is 8. The molecule has 2 fully saturated rings. The van der Waals surface area contributed by atoms with Crippen molar-refractivity contribution in [2.45, 2.75) is 63.6 Å². The third-order valence-electron chi connectivity index (χ3n) is 8.43. The molecule has 5 heterocycles. The van der Waals surface area contributed by atoms with Crippen molar-refractivity contribution in [3.8, 4) is 17.0 Å². The van der Waals surface area contributed by atoms with Crippen LogP contribution in [0.5, 0.6) is 5.75 Å². The number of nitrogens with zero attached hydrogens (tertiary/aromatic N) is 4. The molecule has 0 saturated carbocycles. The minimum Gasteiger partial charge on any atom is -0.489 e. The van der Waals surface area contributed by atoms with Crippen LogP contribution in [-0.2, 0) is 0 Å². The van der Waals surface area contributed by atoms with Gasteiger partial charge in [0.25, 0.3) is 18.2 Å². The van der Waals surface area contributed by atoms with E-state index in [9.17, 15) is 22.8 Å². The zero-order valence-electron chi connectivity index (χ0n) is 25.4. The number of piperidine rings is 2. The Morgan fingerprint density at radius 1 is 1.22 bits per heavy atom. The minimum absolute atomic E-state index is 0.124. The zero-order valence-corrected chi connectivity index (χ0v) is 26.2. The summed E-state index contributed by atoms with van der Waals surface area (Å²) in [4.78, 5) is 31.2. The number of ether oxygens (including phenoxy) is 1. The Kier molecular flexibility index (Phi) is 8.55. The van der Waals surface area contributed by atoms with Crippen molar-refractivity contribution in [2.75, 3.05) is 30.3 Å². The van der Waals surface area contributed by atoms with Crippen LogP contribution in [0.2, 0.25) is 0 Å².